The Labute approximate surface area is 217 Å². The fraction of sp³-hybridized carbons (Fsp3) is 0.556. The van der Waals surface area contributed by atoms with Gasteiger partial charge in [-0.3, -0.25) is 4.79 Å². The summed E-state index contributed by atoms with van der Waals surface area (Å²) in [5, 5.41) is 12.8. The minimum Gasteiger partial charge on any atom is -0.477 e. The lowest BCUT2D eigenvalue weighted by atomic mass is 9.84. The molecule has 0 spiro atoms. The van der Waals surface area contributed by atoms with E-state index in [4.69, 9.17) is 9.72 Å². The second-order valence-electron chi connectivity index (χ2n) is 10.1. The number of carbonyl (C=O) groups excluding carboxylic acids is 1. The van der Waals surface area contributed by atoms with Crippen molar-refractivity contribution >= 4 is 17.7 Å². The van der Waals surface area contributed by atoms with E-state index in [2.05, 4.69) is 20.1 Å². The van der Waals surface area contributed by atoms with E-state index in [-0.39, 0.29) is 18.0 Å². The summed E-state index contributed by atoms with van der Waals surface area (Å²) in [6.07, 6.45) is 3.73. The molecule has 2 aromatic rings. The number of fused-ring (bicyclic) bond motifs is 3. The Bertz CT molecular complexity index is 1140. The van der Waals surface area contributed by atoms with Gasteiger partial charge in [0.25, 0.3) is 5.91 Å². The molecule has 2 aromatic heterocycles. The second-order valence-corrected chi connectivity index (χ2v) is 10.1. The molecule has 2 N–H and O–H groups in total. The monoisotopic (exact) mass is 508 g/mol. The number of anilines is 1. The predicted molar refractivity (Wildman–Crippen MR) is 140 cm³/mol. The van der Waals surface area contributed by atoms with Gasteiger partial charge >= 0.3 is 6.09 Å². The second kappa shape index (κ2) is 10.9. The molecule has 6 rings (SSSR count). The van der Waals surface area contributed by atoms with E-state index < -0.39 is 6.09 Å². The van der Waals surface area contributed by atoms with Gasteiger partial charge in [0.1, 0.15) is 0 Å². The van der Waals surface area contributed by atoms with Crippen molar-refractivity contribution in [3.8, 4) is 17.1 Å². The van der Waals surface area contributed by atoms with Crippen molar-refractivity contribution in [1.29, 1.82) is 0 Å². The Morgan fingerprint density at radius 2 is 1.92 bits per heavy atom. The van der Waals surface area contributed by atoms with Crippen molar-refractivity contribution in [2.75, 3.05) is 50.8 Å². The molecule has 6 heterocycles. The average molecular weight is 509 g/mol. The maximum absolute atomic E-state index is 13.8. The van der Waals surface area contributed by atoms with Gasteiger partial charge in [0.15, 0.2) is 5.69 Å². The van der Waals surface area contributed by atoms with Gasteiger partial charge in [-0.2, -0.15) is 0 Å². The highest BCUT2D eigenvalue weighted by Crippen LogP contribution is 2.33. The van der Waals surface area contributed by atoms with Crippen LogP contribution in [0.4, 0.5) is 10.5 Å². The minimum atomic E-state index is -0.910. The Kier molecular flexibility index (Phi) is 7.45. The molecule has 4 fully saturated rings. The number of rotatable bonds is 7. The predicted octanol–water partition coefficient (Wildman–Crippen LogP) is 2.94. The van der Waals surface area contributed by atoms with Crippen LogP contribution in [0.15, 0.2) is 30.5 Å². The summed E-state index contributed by atoms with van der Waals surface area (Å²) in [5.74, 6) is 0.787. The maximum atomic E-state index is 13.8. The molecule has 10 heteroatoms. The highest BCUT2D eigenvalue weighted by Gasteiger charge is 2.37. The van der Waals surface area contributed by atoms with Crippen LogP contribution < -0.4 is 15.0 Å². The molecular formula is C27H36N6O4. The number of ether oxygens (including phenoxy) is 1. The molecule has 198 valence electrons. The standard InChI is InChI=1S/C27H36N6O4/c1-3-19-16-32(27(35)36)14-15-33(19)23-8-7-21(20-6-5-11-28-26(20)37-4-2)29-24(23)25(34)30-22-17-31-12-9-18(22)10-13-31/h5-8,11,18-19,22H,3-4,9-10,12-17H2,1-2H3,(H,30,34)(H,35,36)/t19-,22-/m1/s1. The van der Waals surface area contributed by atoms with E-state index in [1.165, 1.54) is 4.90 Å². The van der Waals surface area contributed by atoms with Gasteiger partial charge in [0, 0.05) is 44.5 Å². The first-order valence-electron chi connectivity index (χ1n) is 13.3. The van der Waals surface area contributed by atoms with Gasteiger partial charge in [-0.15, -0.1) is 0 Å². The summed E-state index contributed by atoms with van der Waals surface area (Å²) in [6, 6.07) is 7.63. The first-order chi connectivity index (χ1) is 18.0. The molecule has 4 aliphatic rings. The molecule has 37 heavy (non-hydrogen) atoms. The summed E-state index contributed by atoms with van der Waals surface area (Å²) in [5.41, 5.74) is 2.45. The van der Waals surface area contributed by atoms with Gasteiger partial charge in [-0.25, -0.2) is 14.8 Å². The molecule has 2 amide bonds. The zero-order valence-corrected chi connectivity index (χ0v) is 21.6. The summed E-state index contributed by atoms with van der Waals surface area (Å²) < 4.78 is 5.73. The summed E-state index contributed by atoms with van der Waals surface area (Å²) in [7, 11) is 0. The smallest absolute Gasteiger partial charge is 0.407 e. The number of hydrogen-bond acceptors (Lipinski definition) is 7. The van der Waals surface area contributed by atoms with Crippen molar-refractivity contribution in [2.45, 2.75) is 45.2 Å². The highest BCUT2D eigenvalue weighted by molar-refractivity contribution is 5.99. The van der Waals surface area contributed by atoms with E-state index in [1.807, 2.05) is 38.1 Å². The van der Waals surface area contributed by atoms with E-state index >= 15 is 0 Å². The number of hydrogen-bond donors (Lipinski definition) is 2. The molecule has 0 aliphatic carbocycles. The van der Waals surface area contributed by atoms with Gasteiger partial charge in [-0.05, 0) is 69.5 Å². The van der Waals surface area contributed by atoms with Crippen LogP contribution in [0.25, 0.3) is 11.3 Å². The lowest BCUT2D eigenvalue weighted by molar-refractivity contribution is 0.0618. The number of piperidine rings is 3. The van der Waals surface area contributed by atoms with Crippen molar-refractivity contribution in [3.63, 3.8) is 0 Å². The molecule has 0 saturated carbocycles. The summed E-state index contributed by atoms with van der Waals surface area (Å²) in [4.78, 5) is 40.7. The van der Waals surface area contributed by atoms with Crippen LogP contribution in [-0.4, -0.2) is 94.8 Å². The normalized spacial score (nSPS) is 25.1. The van der Waals surface area contributed by atoms with Gasteiger partial charge in [0.05, 0.1) is 23.6 Å². The third-order valence-electron chi connectivity index (χ3n) is 7.92. The number of carboxylic acid groups (broad SMARTS) is 1. The zero-order chi connectivity index (χ0) is 25.9. The Morgan fingerprint density at radius 1 is 1.11 bits per heavy atom. The summed E-state index contributed by atoms with van der Waals surface area (Å²) in [6.45, 7) is 8.77. The minimum absolute atomic E-state index is 0.0433. The maximum Gasteiger partial charge on any atom is 0.407 e. The number of nitrogens with zero attached hydrogens (tertiary/aromatic N) is 5. The summed E-state index contributed by atoms with van der Waals surface area (Å²) >= 11 is 0. The van der Waals surface area contributed by atoms with Crippen molar-refractivity contribution in [1.82, 2.24) is 25.1 Å². The van der Waals surface area contributed by atoms with Crippen LogP contribution in [0, 0.1) is 5.92 Å². The van der Waals surface area contributed by atoms with Crippen LogP contribution in [0.3, 0.4) is 0 Å². The molecule has 4 aliphatic heterocycles. The highest BCUT2D eigenvalue weighted by atomic mass is 16.5. The zero-order valence-electron chi connectivity index (χ0n) is 21.6. The van der Waals surface area contributed by atoms with E-state index in [9.17, 15) is 14.7 Å². The molecule has 10 nitrogen and oxygen atoms in total. The first kappa shape index (κ1) is 25.3. The quantitative estimate of drug-likeness (QED) is 0.587. The molecule has 0 aromatic carbocycles. The van der Waals surface area contributed by atoms with Gasteiger partial charge in [-0.1, -0.05) is 6.92 Å². The van der Waals surface area contributed by atoms with E-state index in [0.717, 1.165) is 50.1 Å². The van der Waals surface area contributed by atoms with E-state index in [0.29, 0.717) is 49.4 Å². The van der Waals surface area contributed by atoms with Crippen molar-refractivity contribution in [2.24, 2.45) is 5.92 Å². The van der Waals surface area contributed by atoms with Crippen LogP contribution in [-0.2, 0) is 0 Å². The number of pyridine rings is 2. The fourth-order valence-corrected chi connectivity index (χ4v) is 5.90. The Balaban J connectivity index is 1.50. The van der Waals surface area contributed by atoms with Crippen molar-refractivity contribution < 1.29 is 19.4 Å². The number of piperazine rings is 1. The molecule has 2 atom stereocenters. The number of aromatic nitrogens is 2. The van der Waals surface area contributed by atoms with Crippen molar-refractivity contribution in [3.05, 3.63) is 36.2 Å². The number of amides is 2. The first-order valence-corrected chi connectivity index (χ1v) is 13.3. The number of nitrogens with one attached hydrogen (secondary N) is 1. The molecule has 0 unspecified atom stereocenters. The lowest BCUT2D eigenvalue weighted by Gasteiger charge is -2.45. The topological polar surface area (TPSA) is 111 Å². The Morgan fingerprint density at radius 3 is 2.59 bits per heavy atom. The van der Waals surface area contributed by atoms with Gasteiger partial charge < -0.3 is 29.9 Å². The SMILES string of the molecule is CCOc1ncccc1-c1ccc(N2CCN(C(=O)O)C[C@H]2CC)c(C(=O)N[C@@H]2CN3CCC2CC3)n1. The van der Waals surface area contributed by atoms with Gasteiger partial charge in [0.2, 0.25) is 5.88 Å². The van der Waals surface area contributed by atoms with Crippen LogP contribution in [0.2, 0.25) is 0 Å². The number of carbonyl (C=O) groups is 2. The van der Waals surface area contributed by atoms with Crippen LogP contribution in [0.5, 0.6) is 5.88 Å². The van der Waals surface area contributed by atoms with Crippen LogP contribution in [0.1, 0.15) is 43.6 Å². The lowest BCUT2D eigenvalue weighted by Crippen LogP contribution is -2.57. The molecule has 2 bridgehead atoms. The fourth-order valence-electron chi connectivity index (χ4n) is 5.90. The third kappa shape index (κ3) is 5.20. The molecular weight excluding hydrogens is 472 g/mol. The molecule has 0 radical (unpaired) electrons. The molecule has 4 saturated heterocycles. The average Bonchev–Trinajstić information content (AvgIpc) is 2.93. The van der Waals surface area contributed by atoms with Crippen LogP contribution >= 0.6 is 0 Å². The Hall–Kier alpha value is -3.40. The van der Waals surface area contributed by atoms with E-state index in [1.54, 1.807) is 6.20 Å². The largest absolute Gasteiger partial charge is 0.477 e. The third-order valence-corrected chi connectivity index (χ3v) is 7.92.